The first-order valence-corrected chi connectivity index (χ1v) is 7.24. The van der Waals surface area contributed by atoms with Gasteiger partial charge < -0.3 is 15.7 Å². The SMILES string of the molecule is CC(C)C1SCC(C(=O)O)N1C(=O)C(C)C(C)N. The lowest BCUT2D eigenvalue weighted by molar-refractivity contribution is -0.151. The van der Waals surface area contributed by atoms with E-state index in [-0.39, 0.29) is 29.2 Å². The summed E-state index contributed by atoms with van der Waals surface area (Å²) in [4.78, 5) is 25.1. The van der Waals surface area contributed by atoms with Crippen molar-refractivity contribution in [2.75, 3.05) is 5.75 Å². The molecule has 1 amide bonds. The Morgan fingerprint density at radius 1 is 1.33 bits per heavy atom. The van der Waals surface area contributed by atoms with E-state index in [4.69, 9.17) is 5.73 Å². The van der Waals surface area contributed by atoms with Crippen molar-refractivity contribution in [3.63, 3.8) is 0 Å². The minimum atomic E-state index is -0.934. The molecule has 1 rings (SSSR count). The lowest BCUT2D eigenvalue weighted by Gasteiger charge is -2.32. The second-order valence-corrected chi connectivity index (χ2v) is 6.36. The summed E-state index contributed by atoms with van der Waals surface area (Å²) in [5.74, 6) is -0.761. The molecule has 1 aliphatic heterocycles. The summed E-state index contributed by atoms with van der Waals surface area (Å²) in [6, 6.07) is -0.999. The van der Waals surface area contributed by atoms with Crippen LogP contribution in [0, 0.1) is 11.8 Å². The maximum absolute atomic E-state index is 12.4. The third kappa shape index (κ3) is 2.98. The monoisotopic (exact) mass is 274 g/mol. The van der Waals surface area contributed by atoms with Gasteiger partial charge in [0.1, 0.15) is 6.04 Å². The van der Waals surface area contributed by atoms with Gasteiger partial charge in [0.05, 0.1) is 11.3 Å². The largest absolute Gasteiger partial charge is 0.480 e. The van der Waals surface area contributed by atoms with Crippen molar-refractivity contribution >= 4 is 23.6 Å². The third-order valence-corrected chi connectivity index (χ3v) is 4.94. The first-order chi connectivity index (χ1) is 8.27. The number of rotatable bonds is 4. The molecule has 1 saturated heterocycles. The number of nitrogens with zero attached hydrogens (tertiary/aromatic N) is 1. The predicted molar refractivity (Wildman–Crippen MR) is 72.2 cm³/mol. The zero-order valence-corrected chi connectivity index (χ0v) is 12.1. The summed E-state index contributed by atoms with van der Waals surface area (Å²) in [6.45, 7) is 7.52. The quantitative estimate of drug-likeness (QED) is 0.798. The number of carboxylic acids is 1. The lowest BCUT2D eigenvalue weighted by atomic mass is 10.0. The van der Waals surface area contributed by atoms with Gasteiger partial charge in [0, 0.05) is 11.8 Å². The van der Waals surface area contributed by atoms with Gasteiger partial charge in [-0.2, -0.15) is 0 Å². The highest BCUT2D eigenvalue weighted by Gasteiger charge is 2.44. The summed E-state index contributed by atoms with van der Waals surface area (Å²) in [7, 11) is 0. The second kappa shape index (κ2) is 5.93. The van der Waals surface area contributed by atoms with Crippen molar-refractivity contribution in [2.24, 2.45) is 17.6 Å². The van der Waals surface area contributed by atoms with E-state index in [0.29, 0.717) is 5.75 Å². The Kier molecular flexibility index (Phi) is 5.04. The van der Waals surface area contributed by atoms with Gasteiger partial charge in [0.15, 0.2) is 0 Å². The van der Waals surface area contributed by atoms with Crippen molar-refractivity contribution in [1.29, 1.82) is 0 Å². The smallest absolute Gasteiger partial charge is 0.327 e. The Hall–Kier alpha value is -0.750. The number of carbonyl (C=O) groups is 2. The Bertz CT molecular complexity index is 333. The summed E-state index contributed by atoms with van der Waals surface area (Å²) >= 11 is 1.54. The maximum Gasteiger partial charge on any atom is 0.327 e. The van der Waals surface area contributed by atoms with E-state index in [0.717, 1.165) is 0 Å². The van der Waals surface area contributed by atoms with Crippen LogP contribution in [0.4, 0.5) is 0 Å². The average molecular weight is 274 g/mol. The predicted octanol–water partition coefficient (Wildman–Crippen LogP) is 0.980. The molecule has 0 spiro atoms. The molecular formula is C12H22N2O3S. The number of carbonyl (C=O) groups excluding carboxylic acids is 1. The summed E-state index contributed by atoms with van der Waals surface area (Å²) in [5.41, 5.74) is 5.75. The lowest BCUT2D eigenvalue weighted by Crippen LogP contribution is -2.51. The number of amides is 1. The molecule has 1 heterocycles. The standard InChI is InChI=1S/C12H22N2O3S/c1-6(2)11-14(9(5-18-11)12(16)17)10(15)7(3)8(4)13/h6-9,11H,5,13H2,1-4H3,(H,16,17). The Morgan fingerprint density at radius 2 is 1.89 bits per heavy atom. The molecular weight excluding hydrogens is 252 g/mol. The van der Waals surface area contributed by atoms with Crippen molar-refractivity contribution in [3.05, 3.63) is 0 Å². The van der Waals surface area contributed by atoms with Gasteiger partial charge in [-0.05, 0) is 12.8 Å². The van der Waals surface area contributed by atoms with Crippen LogP contribution >= 0.6 is 11.8 Å². The van der Waals surface area contributed by atoms with Gasteiger partial charge in [-0.25, -0.2) is 4.79 Å². The fourth-order valence-corrected chi connectivity index (χ4v) is 3.45. The van der Waals surface area contributed by atoms with E-state index in [9.17, 15) is 14.7 Å². The normalized spacial score (nSPS) is 27.3. The molecule has 6 heteroatoms. The number of nitrogens with two attached hydrogens (primary N) is 1. The van der Waals surface area contributed by atoms with Crippen LogP contribution in [-0.2, 0) is 9.59 Å². The van der Waals surface area contributed by atoms with Crippen molar-refractivity contribution in [2.45, 2.75) is 45.2 Å². The first-order valence-electron chi connectivity index (χ1n) is 6.19. The molecule has 1 fully saturated rings. The van der Waals surface area contributed by atoms with Crippen LogP contribution in [-0.4, -0.2) is 45.1 Å². The highest BCUT2D eigenvalue weighted by Crippen LogP contribution is 2.35. The van der Waals surface area contributed by atoms with Gasteiger partial charge in [0.25, 0.3) is 0 Å². The Morgan fingerprint density at radius 3 is 2.28 bits per heavy atom. The molecule has 4 unspecified atom stereocenters. The molecule has 18 heavy (non-hydrogen) atoms. The van der Waals surface area contributed by atoms with E-state index in [1.807, 2.05) is 13.8 Å². The molecule has 104 valence electrons. The zero-order valence-electron chi connectivity index (χ0n) is 11.3. The topological polar surface area (TPSA) is 83.6 Å². The number of thioether (sulfide) groups is 1. The highest BCUT2D eigenvalue weighted by molar-refractivity contribution is 8.00. The van der Waals surface area contributed by atoms with Gasteiger partial charge in [-0.1, -0.05) is 20.8 Å². The van der Waals surface area contributed by atoms with Crippen LogP contribution in [0.2, 0.25) is 0 Å². The molecule has 1 aliphatic rings. The second-order valence-electron chi connectivity index (χ2n) is 5.22. The van der Waals surface area contributed by atoms with Crippen LogP contribution in [0.3, 0.4) is 0 Å². The van der Waals surface area contributed by atoms with Gasteiger partial charge in [-0.15, -0.1) is 11.8 Å². The molecule has 5 nitrogen and oxygen atoms in total. The van der Waals surface area contributed by atoms with Crippen LogP contribution in [0.5, 0.6) is 0 Å². The summed E-state index contributed by atoms with van der Waals surface area (Å²) in [6.07, 6.45) is 0. The van der Waals surface area contributed by atoms with E-state index >= 15 is 0 Å². The van der Waals surface area contributed by atoms with E-state index in [1.165, 1.54) is 16.7 Å². The minimum absolute atomic E-state index is 0.0696. The number of carboxylic acid groups (broad SMARTS) is 1. The van der Waals surface area contributed by atoms with Crippen LogP contribution in [0.15, 0.2) is 0 Å². The molecule has 0 saturated carbocycles. The zero-order chi connectivity index (χ0) is 14.0. The fourth-order valence-electron chi connectivity index (χ4n) is 1.97. The van der Waals surface area contributed by atoms with Crippen molar-refractivity contribution < 1.29 is 14.7 Å². The molecule has 0 aliphatic carbocycles. The van der Waals surface area contributed by atoms with Gasteiger partial charge in [0.2, 0.25) is 5.91 Å². The van der Waals surface area contributed by atoms with Crippen LogP contribution < -0.4 is 5.73 Å². The first kappa shape index (κ1) is 15.3. The molecule has 0 bridgehead atoms. The average Bonchev–Trinajstić information content (AvgIpc) is 2.71. The van der Waals surface area contributed by atoms with Crippen molar-refractivity contribution in [1.82, 2.24) is 4.90 Å². The maximum atomic E-state index is 12.4. The van der Waals surface area contributed by atoms with Gasteiger partial charge >= 0.3 is 5.97 Å². The molecule has 0 aromatic rings. The number of aliphatic carboxylic acids is 1. The molecule has 0 aromatic heterocycles. The van der Waals surface area contributed by atoms with E-state index in [1.54, 1.807) is 13.8 Å². The molecule has 0 radical (unpaired) electrons. The number of hydrogen-bond acceptors (Lipinski definition) is 4. The van der Waals surface area contributed by atoms with E-state index in [2.05, 4.69) is 0 Å². The molecule has 0 aromatic carbocycles. The van der Waals surface area contributed by atoms with Crippen LogP contribution in [0.1, 0.15) is 27.7 Å². The molecule has 3 N–H and O–H groups in total. The van der Waals surface area contributed by atoms with Crippen molar-refractivity contribution in [3.8, 4) is 0 Å². The summed E-state index contributed by atoms with van der Waals surface area (Å²) in [5, 5.41) is 9.14. The van der Waals surface area contributed by atoms with E-state index < -0.39 is 12.0 Å². The number of hydrogen-bond donors (Lipinski definition) is 2. The highest BCUT2D eigenvalue weighted by atomic mass is 32.2. The molecule has 4 atom stereocenters. The third-order valence-electron chi connectivity index (χ3n) is 3.32. The fraction of sp³-hybridized carbons (Fsp3) is 0.833. The minimum Gasteiger partial charge on any atom is -0.480 e. The van der Waals surface area contributed by atoms with Gasteiger partial charge in [-0.3, -0.25) is 4.79 Å². The Balaban J connectivity index is 2.96. The van der Waals surface area contributed by atoms with Crippen LogP contribution in [0.25, 0.3) is 0 Å². The Labute approximate surface area is 112 Å². The summed E-state index contributed by atoms with van der Waals surface area (Å²) < 4.78 is 0.